The summed E-state index contributed by atoms with van der Waals surface area (Å²) in [5.74, 6) is 0.801. The Morgan fingerprint density at radius 3 is 2.84 bits per heavy atom. The number of anilines is 1. The third-order valence-electron chi connectivity index (χ3n) is 4.94. The number of amides is 1. The predicted molar refractivity (Wildman–Crippen MR) is 128 cm³/mol. The summed E-state index contributed by atoms with van der Waals surface area (Å²) in [4.78, 5) is 17.3. The van der Waals surface area contributed by atoms with Gasteiger partial charge < -0.3 is 4.74 Å². The largest absolute Gasteiger partial charge is 0.489 e. The van der Waals surface area contributed by atoms with Gasteiger partial charge in [-0.15, -0.1) is 16.4 Å². The van der Waals surface area contributed by atoms with Gasteiger partial charge in [0.15, 0.2) is 0 Å². The average molecular weight is 487 g/mol. The lowest BCUT2D eigenvalue weighted by molar-refractivity contribution is 0.102. The molecule has 9 heteroatoms. The van der Waals surface area contributed by atoms with Crippen molar-refractivity contribution in [1.82, 2.24) is 14.8 Å². The molecule has 2 aromatic heterocycles. The zero-order valence-corrected chi connectivity index (χ0v) is 19.8. The minimum atomic E-state index is -0.268. The van der Waals surface area contributed by atoms with Crippen molar-refractivity contribution in [2.75, 3.05) is 5.32 Å². The van der Waals surface area contributed by atoms with Crippen molar-refractivity contribution < 1.29 is 9.53 Å². The minimum absolute atomic E-state index is 0.224. The lowest BCUT2D eigenvalue weighted by atomic mass is 10.1. The molecule has 0 aliphatic rings. The maximum atomic E-state index is 12.6. The van der Waals surface area contributed by atoms with Gasteiger partial charge in [-0.05, 0) is 60.2 Å². The predicted octanol–water partition coefficient (Wildman–Crippen LogP) is 6.14. The first-order valence-electron chi connectivity index (χ1n) is 9.80. The maximum absolute atomic E-state index is 12.6. The molecular formula is C23H20Cl2N4O2S. The van der Waals surface area contributed by atoms with Crippen molar-refractivity contribution in [2.45, 2.75) is 27.0 Å². The molecule has 0 aliphatic heterocycles. The van der Waals surface area contributed by atoms with Crippen molar-refractivity contribution in [2.24, 2.45) is 0 Å². The summed E-state index contributed by atoms with van der Waals surface area (Å²) in [7, 11) is 0. The van der Waals surface area contributed by atoms with Gasteiger partial charge in [0.25, 0.3) is 5.91 Å². The highest BCUT2D eigenvalue weighted by Crippen LogP contribution is 2.24. The molecule has 2 aromatic carbocycles. The molecule has 6 nitrogen and oxygen atoms in total. The molecule has 4 rings (SSSR count). The summed E-state index contributed by atoms with van der Waals surface area (Å²) in [6.07, 6.45) is 1.54. The SMILES string of the molecule is Cc1cccc(OCc2csc(C(=O)Nc3ncn(Cc4ccc(Cl)cc4Cl)n3)c2)c1C. The Bertz CT molecular complexity index is 1270. The van der Waals surface area contributed by atoms with Crippen LogP contribution >= 0.6 is 34.5 Å². The monoisotopic (exact) mass is 486 g/mol. The second-order valence-corrected chi connectivity index (χ2v) is 9.02. The first-order chi connectivity index (χ1) is 15.4. The minimum Gasteiger partial charge on any atom is -0.489 e. The number of aromatic nitrogens is 3. The number of rotatable bonds is 7. The van der Waals surface area contributed by atoms with Crippen molar-refractivity contribution in [3.63, 3.8) is 0 Å². The quantitative estimate of drug-likeness (QED) is 0.340. The van der Waals surface area contributed by atoms with Crippen LogP contribution in [0.4, 0.5) is 5.95 Å². The van der Waals surface area contributed by atoms with Crippen LogP contribution in [0.5, 0.6) is 5.75 Å². The molecule has 0 aliphatic carbocycles. The zero-order valence-electron chi connectivity index (χ0n) is 17.4. The molecule has 32 heavy (non-hydrogen) atoms. The molecule has 0 saturated heterocycles. The van der Waals surface area contributed by atoms with Gasteiger partial charge in [0.05, 0.1) is 11.4 Å². The van der Waals surface area contributed by atoms with Gasteiger partial charge in [0, 0.05) is 15.6 Å². The highest BCUT2D eigenvalue weighted by Gasteiger charge is 2.13. The molecule has 0 radical (unpaired) electrons. The number of ether oxygens (including phenoxy) is 1. The van der Waals surface area contributed by atoms with Crippen LogP contribution in [0.1, 0.15) is 31.9 Å². The van der Waals surface area contributed by atoms with Gasteiger partial charge in [-0.2, -0.15) is 0 Å². The standard InChI is InChI=1S/C23H20Cl2N4O2S/c1-14-4-3-5-20(15(14)2)31-11-16-8-21(32-12-16)22(30)27-23-26-13-29(28-23)10-17-6-7-18(24)9-19(17)25/h3-9,12-13H,10-11H2,1-2H3,(H,27,28,30). The van der Waals surface area contributed by atoms with Crippen LogP contribution in [0.15, 0.2) is 54.2 Å². The third-order valence-corrected chi connectivity index (χ3v) is 6.50. The number of carbonyl (C=O) groups is 1. The molecule has 1 amide bonds. The summed E-state index contributed by atoms with van der Waals surface area (Å²) in [5.41, 5.74) is 4.07. The van der Waals surface area contributed by atoms with E-state index in [9.17, 15) is 4.79 Å². The number of aryl methyl sites for hydroxylation is 1. The Morgan fingerprint density at radius 2 is 2.03 bits per heavy atom. The smallest absolute Gasteiger partial charge is 0.268 e. The van der Waals surface area contributed by atoms with E-state index in [4.69, 9.17) is 27.9 Å². The van der Waals surface area contributed by atoms with E-state index < -0.39 is 0 Å². The first-order valence-corrected chi connectivity index (χ1v) is 11.4. The lowest BCUT2D eigenvalue weighted by Gasteiger charge is -2.09. The van der Waals surface area contributed by atoms with E-state index in [1.165, 1.54) is 16.9 Å². The van der Waals surface area contributed by atoms with Crippen LogP contribution in [-0.4, -0.2) is 20.7 Å². The Morgan fingerprint density at radius 1 is 1.19 bits per heavy atom. The van der Waals surface area contributed by atoms with E-state index in [0.29, 0.717) is 28.1 Å². The molecule has 0 unspecified atom stereocenters. The van der Waals surface area contributed by atoms with Gasteiger partial charge in [-0.25, -0.2) is 9.67 Å². The van der Waals surface area contributed by atoms with Gasteiger partial charge in [-0.3, -0.25) is 10.1 Å². The molecule has 0 bridgehead atoms. The number of benzene rings is 2. The van der Waals surface area contributed by atoms with Crippen molar-refractivity contribution in [1.29, 1.82) is 0 Å². The maximum Gasteiger partial charge on any atom is 0.268 e. The number of nitrogens with zero attached hydrogens (tertiary/aromatic N) is 3. The van der Waals surface area contributed by atoms with Crippen LogP contribution in [0.25, 0.3) is 0 Å². The third kappa shape index (κ3) is 5.30. The Balaban J connectivity index is 1.35. The number of hydrogen-bond donors (Lipinski definition) is 1. The average Bonchev–Trinajstić information content (AvgIpc) is 3.41. The van der Waals surface area contributed by atoms with Crippen LogP contribution in [0.3, 0.4) is 0 Å². The van der Waals surface area contributed by atoms with Crippen molar-refractivity contribution in [3.8, 4) is 5.75 Å². The van der Waals surface area contributed by atoms with Crippen LogP contribution < -0.4 is 10.1 Å². The summed E-state index contributed by atoms with van der Waals surface area (Å²) in [5, 5.41) is 10.1. The number of hydrogen-bond acceptors (Lipinski definition) is 5. The number of carbonyl (C=O) groups excluding carboxylic acids is 1. The molecule has 164 valence electrons. The van der Waals surface area contributed by atoms with E-state index in [0.717, 1.165) is 22.4 Å². The topological polar surface area (TPSA) is 69.0 Å². The molecule has 0 spiro atoms. The second-order valence-electron chi connectivity index (χ2n) is 7.26. The molecule has 1 N–H and O–H groups in total. The van der Waals surface area contributed by atoms with Crippen LogP contribution in [0.2, 0.25) is 10.0 Å². The van der Waals surface area contributed by atoms with E-state index in [1.54, 1.807) is 23.1 Å². The van der Waals surface area contributed by atoms with E-state index in [1.807, 2.05) is 36.6 Å². The van der Waals surface area contributed by atoms with Gasteiger partial charge in [0.1, 0.15) is 18.7 Å². The van der Waals surface area contributed by atoms with Crippen LogP contribution in [-0.2, 0) is 13.2 Å². The summed E-state index contributed by atoms with van der Waals surface area (Å²) < 4.78 is 7.52. The Labute approximate surface area is 199 Å². The highest BCUT2D eigenvalue weighted by molar-refractivity contribution is 7.12. The zero-order chi connectivity index (χ0) is 22.7. The fraction of sp³-hybridized carbons (Fsp3) is 0.174. The van der Waals surface area contributed by atoms with Crippen molar-refractivity contribution >= 4 is 46.4 Å². The number of halogens is 2. The Kier molecular flexibility index (Phi) is 6.79. The second kappa shape index (κ2) is 9.73. The first kappa shape index (κ1) is 22.3. The van der Waals surface area contributed by atoms with E-state index in [2.05, 4.69) is 28.4 Å². The fourth-order valence-electron chi connectivity index (χ4n) is 3.03. The lowest BCUT2D eigenvalue weighted by Crippen LogP contribution is -2.12. The summed E-state index contributed by atoms with van der Waals surface area (Å²) >= 11 is 13.5. The van der Waals surface area contributed by atoms with E-state index in [-0.39, 0.29) is 11.9 Å². The molecule has 0 saturated carbocycles. The molecule has 0 atom stereocenters. The van der Waals surface area contributed by atoms with Gasteiger partial charge in [0.2, 0.25) is 5.95 Å². The molecule has 4 aromatic rings. The molecule has 0 fully saturated rings. The van der Waals surface area contributed by atoms with E-state index >= 15 is 0 Å². The molecular weight excluding hydrogens is 467 g/mol. The van der Waals surface area contributed by atoms with Crippen molar-refractivity contribution in [3.05, 3.63) is 91.3 Å². The number of nitrogens with one attached hydrogen (secondary N) is 1. The summed E-state index contributed by atoms with van der Waals surface area (Å²) in [6, 6.07) is 13.1. The van der Waals surface area contributed by atoms with Gasteiger partial charge >= 0.3 is 0 Å². The number of thiophene rings is 1. The van der Waals surface area contributed by atoms with Crippen LogP contribution in [0, 0.1) is 13.8 Å². The molecule has 2 heterocycles. The highest BCUT2D eigenvalue weighted by atomic mass is 35.5. The Hall–Kier alpha value is -2.87. The fourth-order valence-corrected chi connectivity index (χ4v) is 4.29. The van der Waals surface area contributed by atoms with Gasteiger partial charge in [-0.1, -0.05) is 41.4 Å². The normalized spacial score (nSPS) is 10.9. The summed E-state index contributed by atoms with van der Waals surface area (Å²) in [6.45, 7) is 4.89.